The second-order valence-electron chi connectivity index (χ2n) is 7.40. The first-order chi connectivity index (χ1) is 9.80. The van der Waals surface area contributed by atoms with Crippen LogP contribution >= 0.6 is 0 Å². The summed E-state index contributed by atoms with van der Waals surface area (Å²) in [6, 6.07) is 6.54. The average Bonchev–Trinajstić information content (AvgIpc) is 2.35. The molecule has 0 radical (unpaired) electrons. The molecule has 1 aromatic rings. The summed E-state index contributed by atoms with van der Waals surface area (Å²) in [6.07, 6.45) is 2.27. The van der Waals surface area contributed by atoms with E-state index < -0.39 is 0 Å². The summed E-state index contributed by atoms with van der Waals surface area (Å²) in [5.41, 5.74) is 2.68. The van der Waals surface area contributed by atoms with E-state index in [0.717, 1.165) is 37.8 Å². The highest BCUT2D eigenvalue weighted by Gasteiger charge is 2.18. The van der Waals surface area contributed by atoms with E-state index in [2.05, 4.69) is 65.1 Å². The Hall–Kier alpha value is -1.02. The summed E-state index contributed by atoms with van der Waals surface area (Å²) in [7, 11) is 0. The van der Waals surface area contributed by atoms with Crippen LogP contribution in [0, 0.1) is 12.8 Å². The Morgan fingerprint density at radius 2 is 1.86 bits per heavy atom. The fraction of sp³-hybridized carbons (Fsp3) is 0.684. The molecule has 2 nitrogen and oxygen atoms in total. The van der Waals surface area contributed by atoms with Crippen LogP contribution in [-0.2, 0) is 5.41 Å². The van der Waals surface area contributed by atoms with Crippen LogP contribution in [0.1, 0.15) is 58.6 Å². The predicted molar refractivity (Wildman–Crippen MR) is 92.3 cm³/mol. The topological polar surface area (TPSA) is 21.3 Å². The summed E-state index contributed by atoms with van der Waals surface area (Å²) < 4.78 is 6.04. The molecule has 0 aliphatic carbocycles. The molecule has 0 aromatic heterocycles. The van der Waals surface area contributed by atoms with Crippen LogP contribution in [-0.4, -0.2) is 19.7 Å². The maximum Gasteiger partial charge on any atom is 0.123 e. The quantitative estimate of drug-likeness (QED) is 0.701. The van der Waals surface area contributed by atoms with E-state index in [0.29, 0.717) is 0 Å². The molecule has 0 saturated carbocycles. The Morgan fingerprint density at radius 3 is 2.48 bits per heavy atom. The molecular formula is C19H33NO. The van der Waals surface area contributed by atoms with E-state index in [1.54, 1.807) is 0 Å². The van der Waals surface area contributed by atoms with Crippen molar-refractivity contribution >= 4 is 0 Å². The van der Waals surface area contributed by atoms with Crippen molar-refractivity contribution in [2.75, 3.05) is 19.7 Å². The molecule has 2 heteroatoms. The number of aryl methyl sites for hydroxylation is 1. The predicted octanol–water partition coefficient (Wildman–Crippen LogP) is 4.70. The molecule has 120 valence electrons. The third kappa shape index (κ3) is 6.99. The van der Waals surface area contributed by atoms with E-state index in [1.165, 1.54) is 17.5 Å². The molecule has 0 aliphatic rings. The summed E-state index contributed by atoms with van der Waals surface area (Å²) in [5, 5.41) is 3.47. The van der Waals surface area contributed by atoms with Gasteiger partial charge in [-0.1, -0.05) is 46.8 Å². The zero-order valence-corrected chi connectivity index (χ0v) is 14.8. The lowest BCUT2D eigenvalue weighted by Gasteiger charge is -2.23. The molecule has 1 aromatic carbocycles. The minimum absolute atomic E-state index is 0.127. The van der Waals surface area contributed by atoms with Crippen molar-refractivity contribution in [2.24, 2.45) is 5.92 Å². The van der Waals surface area contributed by atoms with Crippen LogP contribution < -0.4 is 10.1 Å². The first-order valence-corrected chi connectivity index (χ1v) is 8.25. The van der Waals surface area contributed by atoms with Gasteiger partial charge >= 0.3 is 0 Å². The standard InChI is InChI=1S/C19H33NO/c1-15(2)14-20-11-7-8-12-21-18-13-16(3)9-10-17(18)19(4,5)6/h9-10,13,15,20H,7-8,11-12,14H2,1-6H3. The highest BCUT2D eigenvalue weighted by Crippen LogP contribution is 2.32. The van der Waals surface area contributed by atoms with Gasteiger partial charge < -0.3 is 10.1 Å². The van der Waals surface area contributed by atoms with Crippen LogP contribution in [0.5, 0.6) is 5.75 Å². The van der Waals surface area contributed by atoms with E-state index in [-0.39, 0.29) is 5.41 Å². The van der Waals surface area contributed by atoms with Gasteiger partial charge in [0.15, 0.2) is 0 Å². The molecule has 0 amide bonds. The van der Waals surface area contributed by atoms with Crippen molar-refractivity contribution in [1.82, 2.24) is 5.32 Å². The van der Waals surface area contributed by atoms with Gasteiger partial charge in [0.25, 0.3) is 0 Å². The fourth-order valence-corrected chi connectivity index (χ4v) is 2.29. The Bertz CT molecular complexity index is 418. The van der Waals surface area contributed by atoms with Gasteiger partial charge in [-0.25, -0.2) is 0 Å². The number of unbranched alkanes of at least 4 members (excludes halogenated alkanes) is 1. The minimum Gasteiger partial charge on any atom is -0.493 e. The van der Waals surface area contributed by atoms with E-state index in [1.807, 2.05) is 0 Å². The smallest absolute Gasteiger partial charge is 0.123 e. The lowest BCUT2D eigenvalue weighted by molar-refractivity contribution is 0.297. The van der Waals surface area contributed by atoms with Gasteiger partial charge in [-0.2, -0.15) is 0 Å². The van der Waals surface area contributed by atoms with Crippen LogP contribution in [0.2, 0.25) is 0 Å². The molecule has 0 spiro atoms. The molecule has 0 aliphatic heterocycles. The van der Waals surface area contributed by atoms with Gasteiger partial charge in [0.1, 0.15) is 5.75 Å². The van der Waals surface area contributed by atoms with Crippen molar-refractivity contribution in [3.05, 3.63) is 29.3 Å². The zero-order chi connectivity index (χ0) is 15.9. The molecule has 21 heavy (non-hydrogen) atoms. The van der Waals surface area contributed by atoms with Gasteiger partial charge in [-0.15, -0.1) is 0 Å². The van der Waals surface area contributed by atoms with Gasteiger partial charge in [0.05, 0.1) is 6.61 Å². The number of rotatable bonds is 8. The first kappa shape index (κ1) is 18.0. The Kier molecular flexibility index (Phi) is 7.24. The molecule has 0 unspecified atom stereocenters. The van der Waals surface area contributed by atoms with E-state index >= 15 is 0 Å². The summed E-state index contributed by atoms with van der Waals surface area (Å²) >= 11 is 0. The molecule has 1 N–H and O–H groups in total. The van der Waals surface area contributed by atoms with E-state index in [4.69, 9.17) is 4.74 Å². The molecule has 0 heterocycles. The number of hydrogen-bond acceptors (Lipinski definition) is 2. The van der Waals surface area contributed by atoms with Crippen LogP contribution in [0.3, 0.4) is 0 Å². The molecule has 1 rings (SSSR count). The zero-order valence-electron chi connectivity index (χ0n) is 14.8. The number of hydrogen-bond donors (Lipinski definition) is 1. The molecule has 0 saturated heterocycles. The lowest BCUT2D eigenvalue weighted by atomic mass is 9.86. The number of nitrogens with one attached hydrogen (secondary N) is 1. The Balaban J connectivity index is 2.40. The number of ether oxygens (including phenoxy) is 1. The van der Waals surface area contributed by atoms with Gasteiger partial charge in [-0.3, -0.25) is 0 Å². The molecule has 0 fully saturated rings. The monoisotopic (exact) mass is 291 g/mol. The third-order valence-electron chi connectivity index (χ3n) is 3.50. The summed E-state index contributed by atoms with van der Waals surface area (Å²) in [4.78, 5) is 0. The fourth-order valence-electron chi connectivity index (χ4n) is 2.29. The van der Waals surface area contributed by atoms with E-state index in [9.17, 15) is 0 Å². The second-order valence-corrected chi connectivity index (χ2v) is 7.40. The largest absolute Gasteiger partial charge is 0.493 e. The van der Waals surface area contributed by atoms with Gasteiger partial charge in [0, 0.05) is 0 Å². The molecular weight excluding hydrogens is 258 g/mol. The highest BCUT2D eigenvalue weighted by atomic mass is 16.5. The van der Waals surface area contributed by atoms with Gasteiger partial charge in [-0.05, 0) is 61.4 Å². The van der Waals surface area contributed by atoms with Crippen LogP contribution in [0.25, 0.3) is 0 Å². The van der Waals surface area contributed by atoms with Gasteiger partial charge in [0.2, 0.25) is 0 Å². The first-order valence-electron chi connectivity index (χ1n) is 8.25. The van der Waals surface area contributed by atoms with Crippen molar-refractivity contribution < 1.29 is 4.74 Å². The van der Waals surface area contributed by atoms with Crippen molar-refractivity contribution in [3.8, 4) is 5.75 Å². The normalized spacial score (nSPS) is 12.0. The summed E-state index contributed by atoms with van der Waals surface area (Å²) in [5.74, 6) is 1.78. The SMILES string of the molecule is Cc1ccc(C(C)(C)C)c(OCCCCNCC(C)C)c1. The maximum absolute atomic E-state index is 6.04. The summed E-state index contributed by atoms with van der Waals surface area (Å²) in [6.45, 7) is 16.3. The third-order valence-corrected chi connectivity index (χ3v) is 3.50. The van der Waals surface area contributed by atoms with Crippen molar-refractivity contribution in [1.29, 1.82) is 0 Å². The van der Waals surface area contributed by atoms with Crippen LogP contribution in [0.15, 0.2) is 18.2 Å². The Morgan fingerprint density at radius 1 is 1.14 bits per heavy atom. The lowest BCUT2D eigenvalue weighted by Crippen LogP contribution is -2.21. The maximum atomic E-state index is 6.04. The Labute approximate surface area is 131 Å². The molecule has 0 bridgehead atoms. The van der Waals surface area contributed by atoms with Crippen molar-refractivity contribution in [3.63, 3.8) is 0 Å². The molecule has 0 atom stereocenters. The van der Waals surface area contributed by atoms with Crippen LogP contribution in [0.4, 0.5) is 0 Å². The highest BCUT2D eigenvalue weighted by molar-refractivity contribution is 5.41. The number of benzene rings is 1. The average molecular weight is 291 g/mol. The minimum atomic E-state index is 0.127. The van der Waals surface area contributed by atoms with Crippen molar-refractivity contribution in [2.45, 2.75) is 59.8 Å². The second kappa shape index (κ2) is 8.43.